The molecule has 0 aliphatic heterocycles. The van der Waals surface area contributed by atoms with Gasteiger partial charge in [0.2, 0.25) is 0 Å². The van der Waals surface area contributed by atoms with Gasteiger partial charge >= 0.3 is 5.97 Å². The van der Waals surface area contributed by atoms with Gasteiger partial charge in [0.15, 0.2) is 5.88 Å². The lowest BCUT2D eigenvalue weighted by atomic mass is 10.3. The fourth-order valence-corrected chi connectivity index (χ4v) is 1.70. The molecule has 1 heterocycles. The lowest BCUT2D eigenvalue weighted by molar-refractivity contribution is -0.139. The van der Waals surface area contributed by atoms with E-state index in [4.69, 9.17) is 21.9 Å². The Kier molecular flexibility index (Phi) is 4.85. The summed E-state index contributed by atoms with van der Waals surface area (Å²) in [4.78, 5) is 13.6. The van der Waals surface area contributed by atoms with Crippen LogP contribution >= 0.6 is 22.9 Å². The largest absolute Gasteiger partial charge is 0.424 e. The van der Waals surface area contributed by atoms with Gasteiger partial charge in [-0.3, -0.25) is 4.79 Å². The van der Waals surface area contributed by atoms with Gasteiger partial charge in [0.05, 0.1) is 4.34 Å². The Morgan fingerprint density at radius 2 is 2.56 bits per heavy atom. The van der Waals surface area contributed by atoms with Gasteiger partial charge in [-0.15, -0.1) is 11.3 Å². The number of esters is 1. The van der Waals surface area contributed by atoms with E-state index in [1.54, 1.807) is 18.4 Å². The van der Waals surface area contributed by atoms with Crippen molar-refractivity contribution in [2.24, 2.45) is 5.11 Å². The summed E-state index contributed by atoms with van der Waals surface area (Å²) in [7, 11) is 0. The Balaban J connectivity index is 2.88. The molecule has 0 bridgehead atoms. The summed E-state index contributed by atoms with van der Waals surface area (Å²) in [5.41, 5.74) is 9.03. The number of carbonyl (C=O) groups excluding carboxylic acids is 1. The van der Waals surface area contributed by atoms with Crippen molar-refractivity contribution in [3.8, 4) is 0 Å². The first-order valence-corrected chi connectivity index (χ1v) is 5.63. The highest BCUT2D eigenvalue weighted by molar-refractivity contribution is 7.14. The molecule has 0 aliphatic rings. The molecule has 1 aromatic heterocycles. The standard InChI is InChI=1S/C9H8ClN3O2S/c1-2-9(14)15-8(12-13-11)4-6-3-7(10)16-5-6/h3-5H,2H2,1H3/b8-4+. The molecule has 0 N–H and O–H groups in total. The maximum atomic E-state index is 11.0. The van der Waals surface area contributed by atoms with E-state index in [2.05, 4.69) is 10.0 Å². The average molecular weight is 258 g/mol. The third-order valence-corrected chi connectivity index (χ3v) is 2.64. The van der Waals surface area contributed by atoms with E-state index in [-0.39, 0.29) is 12.3 Å². The first-order valence-electron chi connectivity index (χ1n) is 4.37. The second-order valence-corrected chi connectivity index (χ2v) is 4.23. The molecule has 1 aromatic rings. The molecule has 84 valence electrons. The second kappa shape index (κ2) is 6.17. The maximum absolute atomic E-state index is 11.0. The minimum Gasteiger partial charge on any atom is -0.424 e. The number of carbonyl (C=O) groups is 1. The summed E-state index contributed by atoms with van der Waals surface area (Å²) in [6.45, 7) is 1.65. The predicted molar refractivity (Wildman–Crippen MR) is 62.8 cm³/mol. The predicted octanol–water partition coefficient (Wildman–Crippen LogP) is 3.96. The van der Waals surface area contributed by atoms with E-state index >= 15 is 0 Å². The summed E-state index contributed by atoms with van der Waals surface area (Å²) in [5, 5.41) is 5.04. The number of hydrogen-bond acceptors (Lipinski definition) is 4. The second-order valence-electron chi connectivity index (χ2n) is 2.68. The average Bonchev–Trinajstić information content (AvgIpc) is 2.64. The monoisotopic (exact) mass is 257 g/mol. The van der Waals surface area contributed by atoms with Gasteiger partial charge in [0.1, 0.15) is 0 Å². The van der Waals surface area contributed by atoms with E-state index in [1.165, 1.54) is 17.4 Å². The van der Waals surface area contributed by atoms with Gasteiger partial charge in [-0.1, -0.05) is 18.5 Å². The smallest absolute Gasteiger partial charge is 0.310 e. The highest BCUT2D eigenvalue weighted by atomic mass is 35.5. The Morgan fingerprint density at radius 1 is 1.81 bits per heavy atom. The van der Waals surface area contributed by atoms with Gasteiger partial charge in [-0.05, 0) is 33.7 Å². The summed E-state index contributed by atoms with van der Waals surface area (Å²) in [6.07, 6.45) is 1.67. The Bertz CT molecular complexity index is 463. The van der Waals surface area contributed by atoms with Crippen LogP contribution in [0.1, 0.15) is 18.9 Å². The fourth-order valence-electron chi connectivity index (χ4n) is 0.853. The lowest BCUT2D eigenvalue weighted by Gasteiger charge is -2.00. The number of ether oxygens (including phenoxy) is 1. The number of halogens is 1. The van der Waals surface area contributed by atoms with Crippen LogP contribution in [0.25, 0.3) is 16.5 Å². The molecule has 0 radical (unpaired) electrons. The Hall–Kier alpha value is -1.49. The molecule has 0 atom stereocenters. The summed E-state index contributed by atoms with van der Waals surface area (Å²) in [6, 6.07) is 1.68. The minimum atomic E-state index is -0.458. The molecule has 0 aliphatic carbocycles. The van der Waals surface area contributed by atoms with Gasteiger partial charge in [0.25, 0.3) is 0 Å². The van der Waals surface area contributed by atoms with E-state index in [9.17, 15) is 4.79 Å². The van der Waals surface area contributed by atoms with Crippen LogP contribution in [-0.4, -0.2) is 5.97 Å². The van der Waals surface area contributed by atoms with Gasteiger partial charge < -0.3 is 4.74 Å². The Labute approximate surface area is 101 Å². The molecule has 0 spiro atoms. The van der Waals surface area contributed by atoms with Crippen LogP contribution in [-0.2, 0) is 9.53 Å². The molecule has 0 fully saturated rings. The van der Waals surface area contributed by atoms with E-state index in [0.29, 0.717) is 4.34 Å². The number of nitrogens with zero attached hydrogens (tertiary/aromatic N) is 3. The van der Waals surface area contributed by atoms with Gasteiger partial charge in [-0.2, -0.15) is 0 Å². The topological polar surface area (TPSA) is 75.1 Å². The zero-order valence-corrected chi connectivity index (χ0v) is 9.96. The molecule has 0 saturated carbocycles. The van der Waals surface area contributed by atoms with Crippen molar-refractivity contribution in [3.63, 3.8) is 0 Å². The number of azide groups is 1. The van der Waals surface area contributed by atoms with Crippen LogP contribution in [0.15, 0.2) is 22.4 Å². The van der Waals surface area contributed by atoms with Gasteiger partial charge in [0, 0.05) is 11.3 Å². The highest BCUT2D eigenvalue weighted by Crippen LogP contribution is 2.22. The van der Waals surface area contributed by atoms with Crippen molar-refractivity contribution < 1.29 is 9.53 Å². The van der Waals surface area contributed by atoms with Crippen molar-refractivity contribution in [1.29, 1.82) is 0 Å². The molecule has 16 heavy (non-hydrogen) atoms. The van der Waals surface area contributed by atoms with Crippen LogP contribution in [0.4, 0.5) is 0 Å². The van der Waals surface area contributed by atoms with Crippen molar-refractivity contribution in [1.82, 2.24) is 0 Å². The SMILES string of the molecule is CCC(=O)O/C(=C/c1csc(Cl)c1)N=[N+]=[N-]. The fraction of sp³-hybridized carbons (Fsp3) is 0.222. The zero-order chi connectivity index (χ0) is 12.0. The molecule has 1 rings (SSSR count). The number of rotatable bonds is 4. The van der Waals surface area contributed by atoms with Crippen LogP contribution in [0.3, 0.4) is 0 Å². The van der Waals surface area contributed by atoms with Crippen LogP contribution < -0.4 is 0 Å². The first-order chi connectivity index (χ1) is 7.65. The van der Waals surface area contributed by atoms with Crippen LogP contribution in [0, 0.1) is 0 Å². The zero-order valence-electron chi connectivity index (χ0n) is 8.38. The summed E-state index contributed by atoms with van der Waals surface area (Å²) < 4.78 is 5.42. The van der Waals surface area contributed by atoms with E-state index < -0.39 is 5.97 Å². The molecule has 5 nitrogen and oxygen atoms in total. The maximum Gasteiger partial charge on any atom is 0.310 e. The van der Waals surface area contributed by atoms with Gasteiger partial charge in [-0.25, -0.2) is 0 Å². The van der Waals surface area contributed by atoms with Crippen molar-refractivity contribution in [2.75, 3.05) is 0 Å². The Morgan fingerprint density at radius 3 is 3.06 bits per heavy atom. The minimum absolute atomic E-state index is 0.0798. The van der Waals surface area contributed by atoms with Crippen molar-refractivity contribution in [3.05, 3.63) is 37.7 Å². The van der Waals surface area contributed by atoms with Crippen molar-refractivity contribution >= 4 is 35.0 Å². The van der Waals surface area contributed by atoms with Crippen LogP contribution in [0.5, 0.6) is 0 Å². The quantitative estimate of drug-likeness (QED) is 0.269. The molecular weight excluding hydrogens is 250 g/mol. The van der Waals surface area contributed by atoms with E-state index in [0.717, 1.165) is 5.56 Å². The summed E-state index contributed by atoms with van der Waals surface area (Å²) >= 11 is 7.07. The third-order valence-electron chi connectivity index (χ3n) is 1.53. The van der Waals surface area contributed by atoms with Crippen LogP contribution in [0.2, 0.25) is 4.34 Å². The lowest BCUT2D eigenvalue weighted by Crippen LogP contribution is -2.00. The van der Waals surface area contributed by atoms with Crippen molar-refractivity contribution in [2.45, 2.75) is 13.3 Å². The van der Waals surface area contributed by atoms with E-state index in [1.807, 2.05) is 0 Å². The molecule has 0 amide bonds. The first kappa shape index (κ1) is 12.6. The molecule has 0 unspecified atom stereocenters. The third kappa shape index (κ3) is 3.94. The molecule has 0 aromatic carbocycles. The normalized spacial score (nSPS) is 10.8. The molecule has 7 heteroatoms. The highest BCUT2D eigenvalue weighted by Gasteiger charge is 2.04. The molecule has 0 saturated heterocycles. The molecular formula is C9H8ClN3O2S. The number of thiophene rings is 1. The number of hydrogen-bond donors (Lipinski definition) is 0. The summed E-state index contributed by atoms with van der Waals surface area (Å²) in [5.74, 6) is -0.538.